The van der Waals surface area contributed by atoms with E-state index in [1.165, 1.54) is 18.4 Å². The average Bonchev–Trinajstić information content (AvgIpc) is 3.21. The number of rotatable bonds is 8. The van der Waals surface area contributed by atoms with E-state index in [1.807, 2.05) is 29.6 Å². The summed E-state index contributed by atoms with van der Waals surface area (Å²) >= 11 is 1.45. The van der Waals surface area contributed by atoms with Crippen LogP contribution < -0.4 is 10.2 Å². The number of nitrogens with zero attached hydrogens (tertiary/aromatic N) is 1. The SMILES string of the molecule is COCC(=O)N1CCCc2ccc(NC(=O)CC(CC(=O)O)c3cccs3)cc21. The van der Waals surface area contributed by atoms with Crippen molar-refractivity contribution in [2.24, 2.45) is 0 Å². The van der Waals surface area contributed by atoms with E-state index in [4.69, 9.17) is 9.84 Å². The van der Waals surface area contributed by atoms with Crippen LogP contribution in [0.25, 0.3) is 0 Å². The molecule has 0 radical (unpaired) electrons. The van der Waals surface area contributed by atoms with Gasteiger partial charge in [-0.15, -0.1) is 11.3 Å². The van der Waals surface area contributed by atoms with Gasteiger partial charge in [0.25, 0.3) is 5.91 Å². The number of hydrogen-bond donors (Lipinski definition) is 2. The van der Waals surface area contributed by atoms with Crippen molar-refractivity contribution in [2.75, 3.05) is 30.5 Å². The average molecular weight is 416 g/mol. The highest BCUT2D eigenvalue weighted by Crippen LogP contribution is 2.31. The second-order valence-electron chi connectivity index (χ2n) is 6.99. The molecule has 7 nitrogen and oxygen atoms in total. The molecule has 0 saturated carbocycles. The number of thiophene rings is 1. The van der Waals surface area contributed by atoms with E-state index in [0.717, 1.165) is 29.0 Å². The van der Waals surface area contributed by atoms with Crippen molar-refractivity contribution in [1.29, 1.82) is 0 Å². The van der Waals surface area contributed by atoms with E-state index in [2.05, 4.69) is 5.32 Å². The monoisotopic (exact) mass is 416 g/mol. The third-order valence-corrected chi connectivity index (χ3v) is 5.89. The number of carboxylic acids is 1. The molecule has 154 valence electrons. The topological polar surface area (TPSA) is 95.9 Å². The Balaban J connectivity index is 1.73. The van der Waals surface area contributed by atoms with Crippen LogP contribution in [0.2, 0.25) is 0 Å². The number of aliphatic carboxylic acids is 1. The van der Waals surface area contributed by atoms with Crippen molar-refractivity contribution in [1.82, 2.24) is 0 Å². The Morgan fingerprint density at radius 2 is 2.10 bits per heavy atom. The van der Waals surface area contributed by atoms with E-state index in [-0.39, 0.29) is 37.2 Å². The van der Waals surface area contributed by atoms with Crippen LogP contribution >= 0.6 is 11.3 Å². The lowest BCUT2D eigenvalue weighted by molar-refractivity contribution is -0.137. The molecule has 1 aromatic heterocycles. The number of carboxylic acid groups (broad SMARTS) is 1. The smallest absolute Gasteiger partial charge is 0.304 e. The molecule has 0 saturated heterocycles. The predicted octanol–water partition coefficient (Wildman–Crippen LogP) is 3.26. The summed E-state index contributed by atoms with van der Waals surface area (Å²) in [6.07, 6.45) is 1.73. The Bertz CT molecular complexity index is 881. The van der Waals surface area contributed by atoms with Crippen LogP contribution in [0.3, 0.4) is 0 Å². The molecule has 3 rings (SSSR count). The number of benzene rings is 1. The zero-order valence-electron chi connectivity index (χ0n) is 16.2. The maximum absolute atomic E-state index is 12.6. The van der Waals surface area contributed by atoms with Crippen LogP contribution in [0.15, 0.2) is 35.7 Å². The van der Waals surface area contributed by atoms with Crippen molar-refractivity contribution in [3.05, 3.63) is 46.2 Å². The summed E-state index contributed by atoms with van der Waals surface area (Å²) in [6, 6.07) is 9.24. The van der Waals surface area contributed by atoms with Crippen LogP contribution in [-0.4, -0.2) is 43.2 Å². The highest BCUT2D eigenvalue weighted by Gasteiger charge is 2.24. The van der Waals surface area contributed by atoms with Crippen LogP contribution in [0.5, 0.6) is 0 Å². The fraction of sp³-hybridized carbons (Fsp3) is 0.381. The Morgan fingerprint density at radius 1 is 1.28 bits per heavy atom. The van der Waals surface area contributed by atoms with Crippen LogP contribution in [-0.2, 0) is 25.5 Å². The molecule has 29 heavy (non-hydrogen) atoms. The number of fused-ring (bicyclic) bond motifs is 1. The molecule has 1 atom stereocenters. The molecule has 1 aliphatic heterocycles. The van der Waals surface area contributed by atoms with Crippen molar-refractivity contribution in [3.63, 3.8) is 0 Å². The molecule has 1 aliphatic rings. The third kappa shape index (κ3) is 5.42. The molecular weight excluding hydrogens is 392 g/mol. The van der Waals surface area contributed by atoms with E-state index >= 15 is 0 Å². The van der Waals surface area contributed by atoms with Gasteiger partial charge in [0.05, 0.1) is 6.42 Å². The Labute approximate surface area is 173 Å². The van der Waals surface area contributed by atoms with Crippen molar-refractivity contribution in [2.45, 2.75) is 31.6 Å². The normalized spacial score (nSPS) is 14.2. The summed E-state index contributed by atoms with van der Waals surface area (Å²) < 4.78 is 4.97. The van der Waals surface area contributed by atoms with Crippen LogP contribution in [0.1, 0.15) is 35.6 Å². The Hall–Kier alpha value is -2.71. The number of carbonyl (C=O) groups excluding carboxylic acids is 2. The zero-order chi connectivity index (χ0) is 20.8. The maximum Gasteiger partial charge on any atom is 0.304 e. The van der Waals surface area contributed by atoms with Gasteiger partial charge in [-0.3, -0.25) is 14.4 Å². The molecule has 2 heterocycles. The maximum atomic E-state index is 12.6. The van der Waals surface area contributed by atoms with E-state index in [9.17, 15) is 14.4 Å². The Morgan fingerprint density at radius 3 is 2.79 bits per heavy atom. The van der Waals surface area contributed by atoms with Gasteiger partial charge in [0.1, 0.15) is 6.61 Å². The number of ether oxygens (including phenoxy) is 1. The molecule has 0 aliphatic carbocycles. The largest absolute Gasteiger partial charge is 0.481 e. The molecule has 1 unspecified atom stereocenters. The number of anilines is 2. The summed E-state index contributed by atoms with van der Waals surface area (Å²) in [7, 11) is 1.49. The second-order valence-corrected chi connectivity index (χ2v) is 7.97. The minimum atomic E-state index is -0.933. The number of hydrogen-bond acceptors (Lipinski definition) is 5. The highest BCUT2D eigenvalue weighted by molar-refractivity contribution is 7.10. The van der Waals surface area contributed by atoms with Crippen molar-refractivity contribution in [3.8, 4) is 0 Å². The van der Waals surface area contributed by atoms with Crippen LogP contribution in [0.4, 0.5) is 11.4 Å². The quantitative estimate of drug-likeness (QED) is 0.689. The number of methoxy groups -OCH3 is 1. The van der Waals surface area contributed by atoms with Gasteiger partial charge in [0, 0.05) is 42.2 Å². The molecular formula is C21H24N2O5S. The molecule has 2 N–H and O–H groups in total. The van der Waals surface area contributed by atoms with Gasteiger partial charge < -0.3 is 20.1 Å². The van der Waals surface area contributed by atoms with Gasteiger partial charge in [0.15, 0.2) is 0 Å². The molecule has 8 heteroatoms. The highest BCUT2D eigenvalue weighted by atomic mass is 32.1. The number of nitrogens with one attached hydrogen (secondary N) is 1. The zero-order valence-corrected chi connectivity index (χ0v) is 17.0. The summed E-state index contributed by atoms with van der Waals surface area (Å²) in [5.41, 5.74) is 2.43. The number of amides is 2. The lowest BCUT2D eigenvalue weighted by atomic mass is 9.98. The summed E-state index contributed by atoms with van der Waals surface area (Å²) in [5, 5.41) is 13.9. The fourth-order valence-electron chi connectivity index (χ4n) is 3.56. The lowest BCUT2D eigenvalue weighted by Crippen LogP contribution is -2.37. The molecule has 0 bridgehead atoms. The fourth-order valence-corrected chi connectivity index (χ4v) is 4.39. The molecule has 2 aromatic rings. The van der Waals surface area contributed by atoms with Crippen molar-refractivity contribution < 1.29 is 24.2 Å². The first-order valence-electron chi connectivity index (χ1n) is 9.45. The molecule has 0 fully saturated rings. The van der Waals surface area contributed by atoms with Gasteiger partial charge in [-0.05, 0) is 42.0 Å². The molecule has 2 amide bonds. The predicted molar refractivity (Wildman–Crippen MR) is 112 cm³/mol. The Kier molecular flexibility index (Phi) is 7.00. The van der Waals surface area contributed by atoms with Gasteiger partial charge >= 0.3 is 5.97 Å². The van der Waals surface area contributed by atoms with Gasteiger partial charge in [-0.25, -0.2) is 0 Å². The standard InChI is InChI=1S/C21H24N2O5S/c1-28-13-20(25)23-8-2-4-14-6-7-16(12-17(14)23)22-19(24)10-15(11-21(26)27)18-5-3-9-29-18/h3,5-7,9,12,15H,2,4,8,10-11,13H2,1H3,(H,22,24)(H,26,27). The summed E-state index contributed by atoms with van der Waals surface area (Å²) in [5.74, 6) is -1.67. The molecule has 0 spiro atoms. The summed E-state index contributed by atoms with van der Waals surface area (Å²) in [4.78, 5) is 38.7. The van der Waals surface area contributed by atoms with E-state index in [0.29, 0.717) is 12.2 Å². The first-order valence-corrected chi connectivity index (χ1v) is 10.3. The van der Waals surface area contributed by atoms with E-state index < -0.39 is 5.97 Å². The number of carbonyl (C=O) groups is 3. The van der Waals surface area contributed by atoms with Gasteiger partial charge in [-0.1, -0.05) is 12.1 Å². The van der Waals surface area contributed by atoms with Gasteiger partial charge in [0.2, 0.25) is 5.91 Å². The van der Waals surface area contributed by atoms with E-state index in [1.54, 1.807) is 11.0 Å². The van der Waals surface area contributed by atoms with Crippen molar-refractivity contribution >= 4 is 40.5 Å². The first kappa shape index (κ1) is 21.0. The van der Waals surface area contributed by atoms with Crippen LogP contribution in [0, 0.1) is 0 Å². The first-order chi connectivity index (χ1) is 14.0. The third-order valence-electron chi connectivity index (χ3n) is 4.85. The number of aryl methyl sites for hydroxylation is 1. The van der Waals surface area contributed by atoms with Gasteiger partial charge in [-0.2, -0.15) is 0 Å². The second kappa shape index (κ2) is 9.67. The minimum Gasteiger partial charge on any atom is -0.481 e. The molecule has 1 aromatic carbocycles. The summed E-state index contributed by atoms with van der Waals surface area (Å²) in [6.45, 7) is 0.624. The lowest BCUT2D eigenvalue weighted by Gasteiger charge is -2.30. The minimum absolute atomic E-state index is 0.00765.